The van der Waals surface area contributed by atoms with E-state index in [1.54, 1.807) is 18.4 Å². The van der Waals surface area contributed by atoms with Crippen LogP contribution in [-0.4, -0.2) is 19.1 Å². The van der Waals surface area contributed by atoms with Crippen LogP contribution >= 0.6 is 11.3 Å². The van der Waals surface area contributed by atoms with Gasteiger partial charge in [0.1, 0.15) is 5.75 Å². The molecule has 17 heavy (non-hydrogen) atoms. The Balaban J connectivity index is 2.32. The topological polar surface area (TPSA) is 51.4 Å². The molecular weight excluding hydrogens is 234 g/mol. The molecule has 0 amide bonds. The molecule has 0 aliphatic rings. The minimum Gasteiger partial charge on any atom is -0.495 e. The number of benzene rings is 1. The maximum atomic E-state index is 5.56. The first-order valence-corrected chi connectivity index (χ1v) is 6.15. The van der Waals surface area contributed by atoms with Crippen LogP contribution < -0.4 is 15.4 Å². The molecule has 1 aromatic carbocycles. The van der Waals surface area contributed by atoms with Crippen molar-refractivity contribution in [2.45, 2.75) is 6.54 Å². The van der Waals surface area contributed by atoms with E-state index in [9.17, 15) is 0 Å². The molecule has 0 aliphatic heterocycles. The first kappa shape index (κ1) is 11.9. The van der Waals surface area contributed by atoms with Crippen molar-refractivity contribution in [3.8, 4) is 5.75 Å². The highest BCUT2D eigenvalue weighted by Gasteiger charge is 2.12. The SMILES string of the molecule is COc1ccccc1N(C)c1nc(CN)cs1. The highest BCUT2D eigenvalue weighted by molar-refractivity contribution is 7.13. The molecule has 2 aromatic rings. The van der Waals surface area contributed by atoms with Gasteiger partial charge in [-0.15, -0.1) is 11.3 Å². The number of nitrogens with two attached hydrogens (primary N) is 1. The van der Waals surface area contributed by atoms with Gasteiger partial charge in [0.05, 0.1) is 18.5 Å². The molecule has 0 saturated carbocycles. The van der Waals surface area contributed by atoms with E-state index in [0.29, 0.717) is 6.54 Å². The average Bonchev–Trinajstić information content (AvgIpc) is 2.86. The largest absolute Gasteiger partial charge is 0.495 e. The number of aromatic nitrogens is 1. The van der Waals surface area contributed by atoms with E-state index < -0.39 is 0 Å². The van der Waals surface area contributed by atoms with Crippen LogP contribution in [0, 0.1) is 0 Å². The third-order valence-electron chi connectivity index (χ3n) is 2.48. The van der Waals surface area contributed by atoms with Crippen molar-refractivity contribution in [1.82, 2.24) is 4.98 Å². The van der Waals surface area contributed by atoms with E-state index in [1.165, 1.54) is 0 Å². The first-order chi connectivity index (χ1) is 8.26. The summed E-state index contributed by atoms with van der Waals surface area (Å²) >= 11 is 1.58. The van der Waals surface area contributed by atoms with Crippen molar-refractivity contribution in [1.29, 1.82) is 0 Å². The number of hydrogen-bond acceptors (Lipinski definition) is 5. The van der Waals surface area contributed by atoms with E-state index in [4.69, 9.17) is 10.5 Å². The molecule has 0 spiro atoms. The molecule has 90 valence electrons. The lowest BCUT2D eigenvalue weighted by Gasteiger charge is -2.18. The first-order valence-electron chi connectivity index (χ1n) is 5.27. The maximum Gasteiger partial charge on any atom is 0.189 e. The van der Waals surface area contributed by atoms with E-state index in [2.05, 4.69) is 4.98 Å². The fourth-order valence-electron chi connectivity index (χ4n) is 1.55. The van der Waals surface area contributed by atoms with Gasteiger partial charge in [0, 0.05) is 19.0 Å². The number of nitrogens with zero attached hydrogens (tertiary/aromatic N) is 2. The minimum absolute atomic E-state index is 0.469. The molecule has 0 saturated heterocycles. The summed E-state index contributed by atoms with van der Waals surface area (Å²) in [6, 6.07) is 7.86. The standard InChI is InChI=1S/C12H15N3OS/c1-15(12-14-9(7-13)8-17-12)10-5-3-4-6-11(10)16-2/h3-6,8H,7,13H2,1-2H3. The summed E-state index contributed by atoms with van der Waals surface area (Å²) in [4.78, 5) is 6.45. The van der Waals surface area contributed by atoms with Crippen LogP contribution in [0.5, 0.6) is 5.75 Å². The number of anilines is 2. The predicted octanol–water partition coefficient (Wildman–Crippen LogP) is 2.38. The van der Waals surface area contributed by atoms with Gasteiger partial charge in [0.25, 0.3) is 0 Å². The van der Waals surface area contributed by atoms with Crippen LogP contribution in [0.25, 0.3) is 0 Å². The minimum atomic E-state index is 0.469. The van der Waals surface area contributed by atoms with Crippen LogP contribution in [0.3, 0.4) is 0 Å². The van der Waals surface area contributed by atoms with Gasteiger partial charge in [-0.3, -0.25) is 0 Å². The predicted molar refractivity (Wildman–Crippen MR) is 71.1 cm³/mol. The Kier molecular flexibility index (Phi) is 3.61. The number of para-hydroxylation sites is 2. The van der Waals surface area contributed by atoms with Crippen LogP contribution in [0.15, 0.2) is 29.6 Å². The Morgan fingerprint density at radius 3 is 2.82 bits per heavy atom. The molecule has 0 aliphatic carbocycles. The summed E-state index contributed by atoms with van der Waals surface area (Å²) in [5.74, 6) is 0.833. The zero-order valence-electron chi connectivity index (χ0n) is 9.88. The van der Waals surface area contributed by atoms with Crippen molar-refractivity contribution in [3.05, 3.63) is 35.3 Å². The zero-order chi connectivity index (χ0) is 12.3. The Morgan fingerprint density at radius 2 is 2.18 bits per heavy atom. The molecule has 0 radical (unpaired) electrons. The summed E-state index contributed by atoms with van der Waals surface area (Å²) < 4.78 is 5.33. The van der Waals surface area contributed by atoms with E-state index >= 15 is 0 Å². The van der Waals surface area contributed by atoms with E-state index in [0.717, 1.165) is 22.3 Å². The number of thiazole rings is 1. The maximum absolute atomic E-state index is 5.56. The fraction of sp³-hybridized carbons (Fsp3) is 0.250. The van der Waals surface area contributed by atoms with Crippen molar-refractivity contribution < 1.29 is 4.74 Å². The molecular formula is C12H15N3OS. The second-order valence-corrected chi connectivity index (χ2v) is 4.39. The number of rotatable bonds is 4. The van der Waals surface area contributed by atoms with Gasteiger partial charge < -0.3 is 15.4 Å². The van der Waals surface area contributed by atoms with Crippen LogP contribution in [0.2, 0.25) is 0 Å². The van der Waals surface area contributed by atoms with Crippen LogP contribution in [0.4, 0.5) is 10.8 Å². The lowest BCUT2D eigenvalue weighted by molar-refractivity contribution is 0.415. The molecule has 1 aromatic heterocycles. The second-order valence-electron chi connectivity index (χ2n) is 3.56. The fourth-order valence-corrected chi connectivity index (χ4v) is 2.37. The summed E-state index contributed by atoms with van der Waals surface area (Å²) in [5.41, 5.74) is 7.46. The number of methoxy groups -OCH3 is 1. The Morgan fingerprint density at radius 1 is 1.41 bits per heavy atom. The van der Waals surface area contributed by atoms with Crippen molar-refractivity contribution in [2.24, 2.45) is 5.73 Å². The normalized spacial score (nSPS) is 10.3. The summed E-state index contributed by atoms with van der Waals surface area (Å²) in [6.45, 7) is 0.469. The molecule has 2 N–H and O–H groups in total. The van der Waals surface area contributed by atoms with E-state index in [1.807, 2.05) is 41.6 Å². The summed E-state index contributed by atoms with van der Waals surface area (Å²) in [6.07, 6.45) is 0. The molecule has 0 fully saturated rings. The summed E-state index contributed by atoms with van der Waals surface area (Å²) in [7, 11) is 3.64. The van der Waals surface area contributed by atoms with E-state index in [-0.39, 0.29) is 0 Å². The molecule has 4 nitrogen and oxygen atoms in total. The average molecular weight is 249 g/mol. The quantitative estimate of drug-likeness (QED) is 0.904. The van der Waals surface area contributed by atoms with Crippen molar-refractivity contribution in [2.75, 3.05) is 19.1 Å². The second kappa shape index (κ2) is 5.16. The van der Waals surface area contributed by atoms with Crippen molar-refractivity contribution >= 4 is 22.2 Å². The van der Waals surface area contributed by atoms with Gasteiger partial charge in [-0.25, -0.2) is 4.98 Å². The molecule has 0 atom stereocenters. The number of ether oxygens (including phenoxy) is 1. The van der Waals surface area contributed by atoms with Gasteiger partial charge in [-0.2, -0.15) is 0 Å². The highest BCUT2D eigenvalue weighted by Crippen LogP contribution is 2.33. The van der Waals surface area contributed by atoms with Crippen LogP contribution in [0.1, 0.15) is 5.69 Å². The molecule has 2 rings (SSSR count). The Bertz CT molecular complexity index is 498. The van der Waals surface area contributed by atoms with Crippen LogP contribution in [-0.2, 0) is 6.54 Å². The van der Waals surface area contributed by atoms with Gasteiger partial charge in [-0.1, -0.05) is 12.1 Å². The number of hydrogen-bond donors (Lipinski definition) is 1. The molecule has 0 bridgehead atoms. The van der Waals surface area contributed by atoms with Gasteiger partial charge >= 0.3 is 0 Å². The Labute approximate surface area is 105 Å². The smallest absolute Gasteiger partial charge is 0.189 e. The van der Waals surface area contributed by atoms with Crippen molar-refractivity contribution in [3.63, 3.8) is 0 Å². The highest BCUT2D eigenvalue weighted by atomic mass is 32.1. The third-order valence-corrected chi connectivity index (χ3v) is 3.45. The molecule has 0 unspecified atom stereocenters. The third kappa shape index (κ3) is 2.40. The van der Waals surface area contributed by atoms with Gasteiger partial charge in [0.2, 0.25) is 0 Å². The molecule has 1 heterocycles. The lowest BCUT2D eigenvalue weighted by Crippen LogP contribution is -2.10. The monoisotopic (exact) mass is 249 g/mol. The lowest BCUT2D eigenvalue weighted by atomic mass is 10.3. The Hall–Kier alpha value is -1.59. The summed E-state index contributed by atoms with van der Waals surface area (Å²) in [5, 5.41) is 2.89. The van der Waals surface area contributed by atoms with Gasteiger partial charge in [-0.05, 0) is 12.1 Å². The van der Waals surface area contributed by atoms with Gasteiger partial charge in [0.15, 0.2) is 5.13 Å². The molecule has 5 heteroatoms. The zero-order valence-corrected chi connectivity index (χ0v) is 10.7.